The highest BCUT2D eigenvalue weighted by atomic mass is 16.2. The second-order valence-electron chi connectivity index (χ2n) is 6.55. The highest BCUT2D eigenvalue weighted by molar-refractivity contribution is 5.96. The van der Waals surface area contributed by atoms with E-state index in [0.717, 1.165) is 30.5 Å². The molecular formula is C21H24N2O2. The van der Waals surface area contributed by atoms with Gasteiger partial charge >= 0.3 is 0 Å². The number of carbonyl (C=O) groups is 2. The highest BCUT2D eigenvalue weighted by Crippen LogP contribution is 2.30. The van der Waals surface area contributed by atoms with Crippen molar-refractivity contribution in [2.45, 2.75) is 32.7 Å². The molecule has 4 nitrogen and oxygen atoms in total. The van der Waals surface area contributed by atoms with Crippen molar-refractivity contribution in [1.82, 2.24) is 4.90 Å². The van der Waals surface area contributed by atoms with Gasteiger partial charge in [-0.1, -0.05) is 37.3 Å². The summed E-state index contributed by atoms with van der Waals surface area (Å²) < 4.78 is 0. The molecule has 0 bridgehead atoms. The van der Waals surface area contributed by atoms with E-state index >= 15 is 0 Å². The van der Waals surface area contributed by atoms with Crippen molar-refractivity contribution >= 4 is 17.5 Å². The first-order chi connectivity index (χ1) is 12.2. The van der Waals surface area contributed by atoms with Crippen LogP contribution in [0.5, 0.6) is 0 Å². The lowest BCUT2D eigenvalue weighted by molar-refractivity contribution is -0.117. The van der Waals surface area contributed by atoms with Crippen molar-refractivity contribution in [3.05, 3.63) is 65.7 Å². The summed E-state index contributed by atoms with van der Waals surface area (Å²) in [5.74, 6) is 0.272. The average Bonchev–Trinajstić information content (AvgIpc) is 3.47. The number of hydrogen-bond acceptors (Lipinski definition) is 2. The van der Waals surface area contributed by atoms with Crippen LogP contribution in [0.15, 0.2) is 54.6 Å². The Kier molecular flexibility index (Phi) is 5.49. The summed E-state index contributed by atoms with van der Waals surface area (Å²) in [7, 11) is 0. The SMILES string of the molecule is CCCN(Cc1ccccc1)C(=O)c1ccc(NC(=O)C2CC2)cc1. The summed E-state index contributed by atoms with van der Waals surface area (Å²) in [5, 5.41) is 2.90. The predicted molar refractivity (Wildman–Crippen MR) is 99.3 cm³/mol. The Morgan fingerprint density at radius 1 is 1.04 bits per heavy atom. The molecule has 130 valence electrons. The number of anilines is 1. The molecule has 1 aliphatic carbocycles. The normalized spacial score (nSPS) is 13.3. The van der Waals surface area contributed by atoms with Gasteiger partial charge in [-0.15, -0.1) is 0 Å². The Labute approximate surface area is 148 Å². The van der Waals surface area contributed by atoms with Crippen LogP contribution >= 0.6 is 0 Å². The molecule has 3 rings (SSSR count). The molecule has 0 atom stereocenters. The van der Waals surface area contributed by atoms with Crippen LogP contribution in [0.25, 0.3) is 0 Å². The van der Waals surface area contributed by atoms with E-state index in [-0.39, 0.29) is 17.7 Å². The molecule has 0 unspecified atom stereocenters. The number of rotatable bonds is 7. The van der Waals surface area contributed by atoms with Crippen LogP contribution in [-0.2, 0) is 11.3 Å². The minimum absolute atomic E-state index is 0.0192. The third-order valence-corrected chi connectivity index (χ3v) is 4.34. The Balaban J connectivity index is 1.67. The van der Waals surface area contributed by atoms with Crippen molar-refractivity contribution < 1.29 is 9.59 Å². The Bertz CT molecular complexity index is 721. The van der Waals surface area contributed by atoms with Crippen LogP contribution in [0.2, 0.25) is 0 Å². The molecule has 2 aromatic rings. The van der Waals surface area contributed by atoms with Gasteiger partial charge in [0, 0.05) is 30.3 Å². The molecule has 0 aromatic heterocycles. The topological polar surface area (TPSA) is 49.4 Å². The highest BCUT2D eigenvalue weighted by Gasteiger charge is 2.29. The van der Waals surface area contributed by atoms with E-state index in [1.54, 1.807) is 24.3 Å². The first-order valence-corrected chi connectivity index (χ1v) is 8.91. The standard InChI is InChI=1S/C21H24N2O2/c1-2-14-23(15-16-6-4-3-5-7-16)21(25)18-10-12-19(13-11-18)22-20(24)17-8-9-17/h3-7,10-13,17H,2,8-9,14-15H2,1H3,(H,22,24). The predicted octanol–water partition coefficient (Wildman–Crippen LogP) is 4.09. The Morgan fingerprint density at radius 2 is 1.72 bits per heavy atom. The first kappa shape index (κ1) is 17.2. The third-order valence-electron chi connectivity index (χ3n) is 4.34. The summed E-state index contributed by atoms with van der Waals surface area (Å²) in [5.41, 5.74) is 2.52. The van der Waals surface area contributed by atoms with Crippen molar-refractivity contribution in [2.24, 2.45) is 5.92 Å². The largest absolute Gasteiger partial charge is 0.334 e. The minimum atomic E-state index is 0.0192. The minimum Gasteiger partial charge on any atom is -0.334 e. The van der Waals surface area contributed by atoms with E-state index in [0.29, 0.717) is 18.7 Å². The molecule has 2 amide bonds. The summed E-state index contributed by atoms with van der Waals surface area (Å²) >= 11 is 0. The van der Waals surface area contributed by atoms with E-state index in [9.17, 15) is 9.59 Å². The molecule has 25 heavy (non-hydrogen) atoms. The molecule has 0 saturated heterocycles. The number of nitrogens with one attached hydrogen (secondary N) is 1. The zero-order valence-electron chi connectivity index (χ0n) is 14.6. The lowest BCUT2D eigenvalue weighted by Crippen LogP contribution is -2.31. The zero-order chi connectivity index (χ0) is 17.6. The number of carbonyl (C=O) groups excluding carboxylic acids is 2. The van der Waals surface area contributed by atoms with Gasteiger partial charge in [0.15, 0.2) is 0 Å². The van der Waals surface area contributed by atoms with Crippen LogP contribution in [0.1, 0.15) is 42.1 Å². The van der Waals surface area contributed by atoms with Crippen molar-refractivity contribution in [1.29, 1.82) is 0 Å². The van der Waals surface area contributed by atoms with Crippen LogP contribution in [0, 0.1) is 5.92 Å². The first-order valence-electron chi connectivity index (χ1n) is 8.91. The van der Waals surface area contributed by atoms with Gasteiger partial charge in [0.25, 0.3) is 5.91 Å². The lowest BCUT2D eigenvalue weighted by atomic mass is 10.1. The molecule has 1 fully saturated rings. The van der Waals surface area contributed by atoms with Gasteiger partial charge < -0.3 is 10.2 Å². The van der Waals surface area contributed by atoms with E-state index in [1.807, 2.05) is 35.2 Å². The monoisotopic (exact) mass is 336 g/mol. The van der Waals surface area contributed by atoms with Gasteiger partial charge in [0.2, 0.25) is 5.91 Å². The van der Waals surface area contributed by atoms with Crippen LogP contribution in [0.3, 0.4) is 0 Å². The molecule has 0 radical (unpaired) electrons. The van der Waals surface area contributed by atoms with Crippen molar-refractivity contribution in [3.8, 4) is 0 Å². The quantitative estimate of drug-likeness (QED) is 0.828. The Morgan fingerprint density at radius 3 is 2.32 bits per heavy atom. The fraction of sp³-hybridized carbons (Fsp3) is 0.333. The van der Waals surface area contributed by atoms with Gasteiger partial charge in [0.1, 0.15) is 0 Å². The fourth-order valence-corrected chi connectivity index (χ4v) is 2.79. The second kappa shape index (κ2) is 7.97. The smallest absolute Gasteiger partial charge is 0.254 e. The molecular weight excluding hydrogens is 312 g/mol. The molecule has 1 aliphatic rings. The molecule has 0 heterocycles. The van der Waals surface area contributed by atoms with Crippen molar-refractivity contribution in [3.63, 3.8) is 0 Å². The van der Waals surface area contributed by atoms with E-state index in [1.165, 1.54) is 0 Å². The van der Waals surface area contributed by atoms with Crippen LogP contribution in [-0.4, -0.2) is 23.3 Å². The summed E-state index contributed by atoms with van der Waals surface area (Å²) in [4.78, 5) is 26.5. The van der Waals surface area contributed by atoms with E-state index in [4.69, 9.17) is 0 Å². The van der Waals surface area contributed by atoms with Gasteiger partial charge in [-0.25, -0.2) is 0 Å². The van der Waals surface area contributed by atoms with Gasteiger partial charge in [-0.3, -0.25) is 9.59 Å². The van der Waals surface area contributed by atoms with Crippen molar-refractivity contribution in [2.75, 3.05) is 11.9 Å². The van der Waals surface area contributed by atoms with Crippen LogP contribution < -0.4 is 5.32 Å². The molecule has 4 heteroatoms. The number of amides is 2. The summed E-state index contributed by atoms with van der Waals surface area (Å²) in [6, 6.07) is 17.2. The maximum Gasteiger partial charge on any atom is 0.254 e. The average molecular weight is 336 g/mol. The number of benzene rings is 2. The molecule has 1 saturated carbocycles. The lowest BCUT2D eigenvalue weighted by Gasteiger charge is -2.22. The van der Waals surface area contributed by atoms with E-state index in [2.05, 4.69) is 12.2 Å². The number of nitrogens with zero attached hydrogens (tertiary/aromatic N) is 1. The molecule has 0 spiro atoms. The zero-order valence-corrected chi connectivity index (χ0v) is 14.6. The third kappa shape index (κ3) is 4.69. The molecule has 0 aliphatic heterocycles. The molecule has 2 aromatic carbocycles. The summed E-state index contributed by atoms with van der Waals surface area (Å²) in [6.07, 6.45) is 2.87. The van der Waals surface area contributed by atoms with Gasteiger partial charge in [-0.2, -0.15) is 0 Å². The second-order valence-corrected chi connectivity index (χ2v) is 6.55. The van der Waals surface area contributed by atoms with Gasteiger partial charge in [0.05, 0.1) is 0 Å². The maximum atomic E-state index is 12.8. The summed E-state index contributed by atoms with van der Waals surface area (Å²) in [6.45, 7) is 3.39. The van der Waals surface area contributed by atoms with E-state index < -0.39 is 0 Å². The maximum absolute atomic E-state index is 12.8. The van der Waals surface area contributed by atoms with Crippen LogP contribution in [0.4, 0.5) is 5.69 Å². The fourth-order valence-electron chi connectivity index (χ4n) is 2.79. The molecule has 1 N–H and O–H groups in total. The van der Waals surface area contributed by atoms with Gasteiger partial charge in [-0.05, 0) is 49.1 Å². The number of hydrogen-bond donors (Lipinski definition) is 1. The Hall–Kier alpha value is -2.62.